The molecule has 0 rings (SSSR count). The Labute approximate surface area is 73.8 Å². The first-order chi connectivity index (χ1) is 5.54. The van der Waals surface area contributed by atoms with Crippen LogP contribution in [-0.2, 0) is 18.1 Å². The second-order valence-corrected chi connectivity index (χ2v) is 4.51. The second-order valence-electron chi connectivity index (χ2n) is 2.74. The average Bonchev–Trinajstić information content (AvgIpc) is 2.02. The first-order valence-corrected chi connectivity index (χ1v) is 5.45. The van der Waals surface area contributed by atoms with E-state index in [4.69, 9.17) is 9.05 Å². The quantitative estimate of drug-likeness (QED) is 0.612. The molecule has 0 aromatic rings. The average molecular weight is 196 g/mol. The summed E-state index contributed by atoms with van der Waals surface area (Å²) in [6, 6.07) is 0. The fourth-order valence-electron chi connectivity index (χ4n) is 0.541. The molecule has 0 N–H and O–H groups in total. The molecule has 0 spiro atoms. The van der Waals surface area contributed by atoms with E-state index in [0.717, 1.165) is 0 Å². The summed E-state index contributed by atoms with van der Waals surface area (Å²) in [5, 5.41) is 0. The van der Waals surface area contributed by atoms with Crippen molar-refractivity contribution in [3.8, 4) is 0 Å². The molecule has 0 aliphatic carbocycles. The van der Waals surface area contributed by atoms with Crippen molar-refractivity contribution in [2.75, 3.05) is 20.3 Å². The van der Waals surface area contributed by atoms with Crippen LogP contribution in [0.25, 0.3) is 0 Å². The highest BCUT2D eigenvalue weighted by atomic mass is 31.2. The van der Waals surface area contributed by atoms with Gasteiger partial charge in [-0.25, -0.2) is 4.57 Å². The summed E-state index contributed by atoms with van der Waals surface area (Å²) in [6.07, 6.45) is 0. The van der Waals surface area contributed by atoms with E-state index in [1.165, 1.54) is 7.11 Å². The molecular weight excluding hydrogens is 179 g/mol. The van der Waals surface area contributed by atoms with Gasteiger partial charge in [-0.1, -0.05) is 13.8 Å². The highest BCUT2D eigenvalue weighted by Crippen LogP contribution is 2.48. The maximum absolute atomic E-state index is 11.4. The molecule has 0 aromatic carbocycles. The van der Waals surface area contributed by atoms with Crippen LogP contribution in [-0.4, -0.2) is 20.3 Å². The molecule has 0 amide bonds. The standard InChI is InChI=1S/C7H17O4P/c1-5-10-12(8,9-4)11-6-7(2)3/h7H,5-6H2,1-4H3. The van der Waals surface area contributed by atoms with Crippen molar-refractivity contribution in [2.45, 2.75) is 20.8 Å². The van der Waals surface area contributed by atoms with Crippen molar-refractivity contribution in [2.24, 2.45) is 5.92 Å². The van der Waals surface area contributed by atoms with Crippen LogP contribution in [0.3, 0.4) is 0 Å². The van der Waals surface area contributed by atoms with Gasteiger partial charge in [0.25, 0.3) is 0 Å². The topological polar surface area (TPSA) is 44.8 Å². The molecule has 0 radical (unpaired) electrons. The molecule has 0 aliphatic rings. The van der Waals surface area contributed by atoms with Crippen LogP contribution in [0.5, 0.6) is 0 Å². The minimum atomic E-state index is -3.25. The monoisotopic (exact) mass is 196 g/mol. The Hall–Kier alpha value is 0.110. The fourth-order valence-corrected chi connectivity index (χ4v) is 1.62. The lowest BCUT2D eigenvalue weighted by atomic mass is 10.2. The van der Waals surface area contributed by atoms with E-state index in [2.05, 4.69) is 4.52 Å². The van der Waals surface area contributed by atoms with E-state index in [9.17, 15) is 4.57 Å². The Kier molecular flexibility index (Phi) is 5.76. The molecule has 0 saturated heterocycles. The molecular formula is C7H17O4P. The van der Waals surface area contributed by atoms with Crippen LogP contribution in [0.1, 0.15) is 20.8 Å². The lowest BCUT2D eigenvalue weighted by Gasteiger charge is -2.15. The van der Waals surface area contributed by atoms with Crippen LogP contribution in [0.15, 0.2) is 0 Å². The first-order valence-electron chi connectivity index (χ1n) is 3.99. The maximum Gasteiger partial charge on any atom is 0.474 e. The Morgan fingerprint density at radius 2 is 1.92 bits per heavy atom. The largest absolute Gasteiger partial charge is 0.474 e. The van der Waals surface area contributed by atoms with Crippen LogP contribution < -0.4 is 0 Å². The molecule has 12 heavy (non-hydrogen) atoms. The fraction of sp³-hybridized carbons (Fsp3) is 1.00. The van der Waals surface area contributed by atoms with Gasteiger partial charge in [-0.3, -0.25) is 13.6 Å². The predicted octanol–water partition coefficient (Wildman–Crippen LogP) is 2.45. The van der Waals surface area contributed by atoms with Crippen LogP contribution in [0, 0.1) is 5.92 Å². The number of hydrogen-bond acceptors (Lipinski definition) is 4. The highest BCUT2D eigenvalue weighted by molar-refractivity contribution is 7.48. The van der Waals surface area contributed by atoms with E-state index < -0.39 is 7.82 Å². The molecule has 0 saturated carbocycles. The van der Waals surface area contributed by atoms with Gasteiger partial charge in [0.1, 0.15) is 0 Å². The smallest absolute Gasteiger partial charge is 0.290 e. The van der Waals surface area contributed by atoms with Crippen molar-refractivity contribution in [3.63, 3.8) is 0 Å². The molecule has 1 unspecified atom stereocenters. The van der Waals surface area contributed by atoms with E-state index in [0.29, 0.717) is 19.1 Å². The van der Waals surface area contributed by atoms with Gasteiger partial charge in [-0.2, -0.15) is 0 Å². The summed E-state index contributed by atoms with van der Waals surface area (Å²) in [5.74, 6) is 0.314. The van der Waals surface area contributed by atoms with Crippen molar-refractivity contribution in [3.05, 3.63) is 0 Å². The van der Waals surface area contributed by atoms with Gasteiger partial charge in [-0.15, -0.1) is 0 Å². The summed E-state index contributed by atoms with van der Waals surface area (Å²) in [5.41, 5.74) is 0. The van der Waals surface area contributed by atoms with Gasteiger partial charge in [0.05, 0.1) is 13.2 Å². The van der Waals surface area contributed by atoms with Crippen molar-refractivity contribution < 1.29 is 18.1 Å². The number of phosphoric ester groups is 1. The van der Waals surface area contributed by atoms with E-state index in [1.54, 1.807) is 6.92 Å². The van der Waals surface area contributed by atoms with Crippen LogP contribution in [0.4, 0.5) is 0 Å². The summed E-state index contributed by atoms with van der Waals surface area (Å²) >= 11 is 0. The van der Waals surface area contributed by atoms with Crippen molar-refractivity contribution in [1.29, 1.82) is 0 Å². The van der Waals surface area contributed by atoms with Gasteiger partial charge in [0, 0.05) is 7.11 Å². The molecule has 1 atom stereocenters. The molecule has 4 nitrogen and oxygen atoms in total. The van der Waals surface area contributed by atoms with Crippen LogP contribution in [0.2, 0.25) is 0 Å². The zero-order chi connectivity index (χ0) is 9.61. The minimum absolute atomic E-state index is 0.314. The lowest BCUT2D eigenvalue weighted by molar-refractivity contribution is 0.125. The van der Waals surface area contributed by atoms with Crippen LogP contribution >= 0.6 is 7.82 Å². The molecule has 5 heteroatoms. The Morgan fingerprint density at radius 3 is 2.25 bits per heavy atom. The van der Waals surface area contributed by atoms with E-state index >= 15 is 0 Å². The summed E-state index contributed by atoms with van der Waals surface area (Å²) in [6.45, 7) is 6.37. The third kappa shape index (κ3) is 4.88. The summed E-state index contributed by atoms with van der Waals surface area (Å²) < 4.78 is 25.9. The normalized spacial score (nSPS) is 16.4. The summed E-state index contributed by atoms with van der Waals surface area (Å²) in [7, 11) is -1.94. The highest BCUT2D eigenvalue weighted by Gasteiger charge is 2.23. The zero-order valence-corrected chi connectivity index (χ0v) is 8.97. The third-order valence-electron chi connectivity index (χ3n) is 1.08. The molecule has 0 aliphatic heterocycles. The second kappa shape index (κ2) is 5.70. The maximum atomic E-state index is 11.4. The van der Waals surface area contributed by atoms with Gasteiger partial charge in [-0.05, 0) is 12.8 Å². The Balaban J connectivity index is 3.88. The van der Waals surface area contributed by atoms with Gasteiger partial charge in [0.2, 0.25) is 0 Å². The van der Waals surface area contributed by atoms with Gasteiger partial charge < -0.3 is 0 Å². The van der Waals surface area contributed by atoms with E-state index in [1.807, 2.05) is 13.8 Å². The molecule has 0 fully saturated rings. The first kappa shape index (κ1) is 12.1. The zero-order valence-electron chi connectivity index (χ0n) is 8.07. The number of rotatable bonds is 6. The minimum Gasteiger partial charge on any atom is -0.290 e. The lowest BCUT2D eigenvalue weighted by Crippen LogP contribution is -2.03. The van der Waals surface area contributed by atoms with Crippen molar-refractivity contribution >= 4 is 7.82 Å². The Bertz CT molecular complexity index is 157. The summed E-state index contributed by atoms with van der Waals surface area (Å²) in [4.78, 5) is 0. The third-order valence-corrected chi connectivity index (χ3v) is 2.56. The molecule has 0 aromatic heterocycles. The molecule has 0 bridgehead atoms. The van der Waals surface area contributed by atoms with E-state index in [-0.39, 0.29) is 0 Å². The molecule has 74 valence electrons. The van der Waals surface area contributed by atoms with Gasteiger partial charge in [0.15, 0.2) is 0 Å². The van der Waals surface area contributed by atoms with Gasteiger partial charge >= 0.3 is 7.82 Å². The Morgan fingerprint density at radius 1 is 1.33 bits per heavy atom. The SMILES string of the molecule is CCOP(=O)(OC)OCC(C)C. The van der Waals surface area contributed by atoms with Crippen molar-refractivity contribution in [1.82, 2.24) is 0 Å². The number of phosphoric acid groups is 1. The predicted molar refractivity (Wildman–Crippen MR) is 47.0 cm³/mol. The molecule has 0 heterocycles. The number of hydrogen-bond donors (Lipinski definition) is 0.